The molecular weight excluding hydrogens is 364 g/mol. The molecule has 0 aliphatic rings. The van der Waals surface area contributed by atoms with E-state index in [0.717, 1.165) is 11.1 Å². The molecule has 4 nitrogen and oxygen atoms in total. The predicted octanol–water partition coefficient (Wildman–Crippen LogP) is 5.20. The standard InChI is InChI=1S/C25H24O4/c1-18(26)29-23-15-11-21(12-16-23)25(2,3)20-9-13-22(14-10-20)28-17-24(27)19-7-5-4-6-8-19/h4-16H,17H2,1-3H3. The van der Waals surface area contributed by atoms with Crippen LogP contribution in [-0.4, -0.2) is 18.4 Å². The van der Waals surface area contributed by atoms with E-state index in [1.807, 2.05) is 54.6 Å². The molecule has 0 amide bonds. The van der Waals surface area contributed by atoms with Crippen LogP contribution in [0.2, 0.25) is 0 Å². The third kappa shape index (κ3) is 5.11. The van der Waals surface area contributed by atoms with Gasteiger partial charge in [-0.2, -0.15) is 0 Å². The van der Waals surface area contributed by atoms with E-state index in [1.54, 1.807) is 24.3 Å². The van der Waals surface area contributed by atoms with Crippen LogP contribution in [0.25, 0.3) is 0 Å². The van der Waals surface area contributed by atoms with Crippen LogP contribution in [0.5, 0.6) is 11.5 Å². The molecule has 0 heterocycles. The Bertz CT molecular complexity index is 972. The van der Waals surface area contributed by atoms with Gasteiger partial charge in [0, 0.05) is 17.9 Å². The van der Waals surface area contributed by atoms with Crippen LogP contribution < -0.4 is 9.47 Å². The highest BCUT2D eigenvalue weighted by Crippen LogP contribution is 2.33. The zero-order chi connectivity index (χ0) is 20.9. The van der Waals surface area contributed by atoms with Crippen LogP contribution in [0, 0.1) is 0 Å². The maximum atomic E-state index is 12.2. The van der Waals surface area contributed by atoms with Gasteiger partial charge in [0.05, 0.1) is 0 Å². The molecule has 3 rings (SSSR count). The number of Topliss-reactive ketones (excluding diaryl/α,β-unsaturated/α-hetero) is 1. The Hall–Kier alpha value is -3.40. The van der Waals surface area contributed by atoms with Crippen LogP contribution in [0.4, 0.5) is 0 Å². The van der Waals surface area contributed by atoms with Gasteiger partial charge in [0.2, 0.25) is 0 Å². The summed E-state index contributed by atoms with van der Waals surface area (Å²) in [6.45, 7) is 5.64. The second kappa shape index (κ2) is 8.74. The number of benzene rings is 3. The molecule has 0 radical (unpaired) electrons. The fraction of sp³-hybridized carbons (Fsp3) is 0.200. The van der Waals surface area contributed by atoms with E-state index < -0.39 is 0 Å². The monoisotopic (exact) mass is 388 g/mol. The lowest BCUT2D eigenvalue weighted by Gasteiger charge is -2.26. The molecule has 148 valence electrons. The SMILES string of the molecule is CC(=O)Oc1ccc(C(C)(C)c2ccc(OCC(=O)c3ccccc3)cc2)cc1. The normalized spacial score (nSPS) is 11.0. The van der Waals surface area contributed by atoms with E-state index in [1.165, 1.54) is 6.92 Å². The summed E-state index contributed by atoms with van der Waals surface area (Å²) in [6.07, 6.45) is 0. The van der Waals surface area contributed by atoms with Crippen molar-refractivity contribution in [3.05, 3.63) is 95.6 Å². The summed E-state index contributed by atoms with van der Waals surface area (Å²) >= 11 is 0. The van der Waals surface area contributed by atoms with Crippen molar-refractivity contribution in [2.24, 2.45) is 0 Å². The van der Waals surface area contributed by atoms with Crippen molar-refractivity contribution in [2.75, 3.05) is 6.61 Å². The Balaban J connectivity index is 1.66. The average molecular weight is 388 g/mol. The number of hydrogen-bond donors (Lipinski definition) is 0. The number of esters is 1. The maximum Gasteiger partial charge on any atom is 0.308 e. The molecule has 0 N–H and O–H groups in total. The Morgan fingerprint density at radius 1 is 0.759 bits per heavy atom. The molecule has 0 unspecified atom stereocenters. The van der Waals surface area contributed by atoms with Gasteiger partial charge in [0.25, 0.3) is 0 Å². The summed E-state index contributed by atoms with van der Waals surface area (Å²) in [5, 5.41) is 0. The first-order chi connectivity index (χ1) is 13.9. The number of hydrogen-bond acceptors (Lipinski definition) is 4. The van der Waals surface area contributed by atoms with Gasteiger partial charge in [-0.25, -0.2) is 0 Å². The van der Waals surface area contributed by atoms with Crippen LogP contribution in [0.1, 0.15) is 42.3 Å². The molecule has 0 atom stereocenters. The summed E-state index contributed by atoms with van der Waals surface area (Å²) in [6, 6.07) is 24.4. The van der Waals surface area contributed by atoms with Gasteiger partial charge >= 0.3 is 5.97 Å². The zero-order valence-corrected chi connectivity index (χ0v) is 16.8. The van der Waals surface area contributed by atoms with Crippen molar-refractivity contribution in [3.63, 3.8) is 0 Å². The first-order valence-corrected chi connectivity index (χ1v) is 9.47. The van der Waals surface area contributed by atoms with Crippen LogP contribution in [-0.2, 0) is 10.2 Å². The number of carbonyl (C=O) groups excluding carboxylic acids is 2. The number of rotatable bonds is 7. The number of ether oxygens (including phenoxy) is 2. The van der Waals surface area contributed by atoms with Gasteiger partial charge in [0.15, 0.2) is 12.4 Å². The minimum absolute atomic E-state index is 0.00433. The Labute approximate surface area is 171 Å². The lowest BCUT2D eigenvalue weighted by atomic mass is 9.78. The van der Waals surface area contributed by atoms with E-state index in [0.29, 0.717) is 17.1 Å². The van der Waals surface area contributed by atoms with Crippen molar-refractivity contribution in [1.82, 2.24) is 0 Å². The fourth-order valence-electron chi connectivity index (χ4n) is 3.10. The van der Waals surface area contributed by atoms with E-state index in [2.05, 4.69) is 13.8 Å². The topological polar surface area (TPSA) is 52.6 Å². The van der Waals surface area contributed by atoms with Gasteiger partial charge in [0.1, 0.15) is 11.5 Å². The molecule has 0 aliphatic carbocycles. The Kier molecular flexibility index (Phi) is 6.13. The lowest BCUT2D eigenvalue weighted by molar-refractivity contribution is -0.131. The fourth-order valence-corrected chi connectivity index (χ4v) is 3.10. The summed E-state index contributed by atoms with van der Waals surface area (Å²) < 4.78 is 10.7. The molecule has 0 saturated carbocycles. The molecule has 0 fully saturated rings. The third-order valence-corrected chi connectivity index (χ3v) is 4.88. The summed E-state index contributed by atoms with van der Waals surface area (Å²) in [7, 11) is 0. The Morgan fingerprint density at radius 2 is 1.28 bits per heavy atom. The number of ketones is 1. The van der Waals surface area contributed by atoms with Gasteiger partial charge in [-0.3, -0.25) is 9.59 Å². The van der Waals surface area contributed by atoms with Crippen LogP contribution >= 0.6 is 0 Å². The molecule has 0 aromatic heterocycles. The highest BCUT2D eigenvalue weighted by atomic mass is 16.5. The van der Waals surface area contributed by atoms with Crippen molar-refractivity contribution in [1.29, 1.82) is 0 Å². The molecule has 29 heavy (non-hydrogen) atoms. The summed E-state index contributed by atoms with van der Waals surface area (Å²) in [5.74, 6) is 0.795. The minimum atomic E-state index is -0.335. The van der Waals surface area contributed by atoms with Crippen molar-refractivity contribution < 1.29 is 19.1 Å². The lowest BCUT2D eigenvalue weighted by Crippen LogP contribution is -2.19. The molecular formula is C25H24O4. The van der Waals surface area contributed by atoms with E-state index >= 15 is 0 Å². The third-order valence-electron chi connectivity index (χ3n) is 4.88. The highest BCUT2D eigenvalue weighted by molar-refractivity contribution is 5.97. The van der Waals surface area contributed by atoms with Gasteiger partial charge < -0.3 is 9.47 Å². The molecule has 3 aromatic rings. The maximum absolute atomic E-state index is 12.2. The van der Waals surface area contributed by atoms with Gasteiger partial charge in [-0.05, 0) is 35.4 Å². The highest BCUT2D eigenvalue weighted by Gasteiger charge is 2.23. The smallest absolute Gasteiger partial charge is 0.308 e. The second-order valence-corrected chi connectivity index (χ2v) is 7.35. The predicted molar refractivity (Wildman–Crippen MR) is 113 cm³/mol. The second-order valence-electron chi connectivity index (χ2n) is 7.35. The first kappa shape index (κ1) is 20.3. The largest absolute Gasteiger partial charge is 0.485 e. The molecule has 0 aliphatic heterocycles. The van der Waals surface area contributed by atoms with Crippen molar-refractivity contribution in [2.45, 2.75) is 26.2 Å². The zero-order valence-electron chi connectivity index (χ0n) is 16.8. The van der Waals surface area contributed by atoms with Crippen molar-refractivity contribution >= 4 is 11.8 Å². The summed E-state index contributed by atoms with van der Waals surface area (Å²) in [4.78, 5) is 23.2. The summed E-state index contributed by atoms with van der Waals surface area (Å²) in [5.41, 5.74) is 2.61. The molecule has 0 bridgehead atoms. The van der Waals surface area contributed by atoms with E-state index in [4.69, 9.17) is 9.47 Å². The first-order valence-electron chi connectivity index (χ1n) is 9.47. The van der Waals surface area contributed by atoms with Crippen LogP contribution in [0.3, 0.4) is 0 Å². The molecule has 3 aromatic carbocycles. The molecule has 0 saturated heterocycles. The minimum Gasteiger partial charge on any atom is -0.485 e. The van der Waals surface area contributed by atoms with Crippen LogP contribution in [0.15, 0.2) is 78.9 Å². The van der Waals surface area contributed by atoms with Gasteiger partial charge in [-0.15, -0.1) is 0 Å². The average Bonchev–Trinajstić information content (AvgIpc) is 2.73. The number of carbonyl (C=O) groups is 2. The van der Waals surface area contributed by atoms with Crippen molar-refractivity contribution in [3.8, 4) is 11.5 Å². The molecule has 4 heteroatoms. The van der Waals surface area contributed by atoms with Gasteiger partial charge in [-0.1, -0.05) is 68.4 Å². The quantitative estimate of drug-likeness (QED) is 0.317. The van der Waals surface area contributed by atoms with E-state index in [-0.39, 0.29) is 23.8 Å². The van der Waals surface area contributed by atoms with E-state index in [9.17, 15) is 9.59 Å². The molecule has 0 spiro atoms. The Morgan fingerprint density at radius 3 is 1.79 bits per heavy atom.